The zero-order valence-electron chi connectivity index (χ0n) is 9.40. The lowest BCUT2D eigenvalue weighted by Crippen LogP contribution is -1.95. The van der Waals surface area contributed by atoms with Crippen LogP contribution in [0.15, 0.2) is 28.9 Å². The topological polar surface area (TPSA) is 34.9 Å². The molecular weight excluding hydrogens is 280 g/mol. The van der Waals surface area contributed by atoms with Crippen molar-refractivity contribution in [3.05, 3.63) is 40.0 Å². The summed E-state index contributed by atoms with van der Waals surface area (Å²) in [5.41, 5.74) is 3.97. The first kappa shape index (κ1) is 10.7. The minimum atomic E-state index is 0.240. The van der Waals surface area contributed by atoms with Crippen LogP contribution in [-0.4, -0.2) is 15.6 Å². The number of Topliss-reactive ketones (excluding diaryl/α,β-unsaturated/α-hetero) is 1. The van der Waals surface area contributed by atoms with E-state index in [0.29, 0.717) is 6.42 Å². The molecule has 0 saturated heterocycles. The molecule has 86 valence electrons. The first-order valence-corrected chi connectivity index (χ1v) is 6.30. The van der Waals surface area contributed by atoms with Crippen LogP contribution in [0.2, 0.25) is 0 Å². The van der Waals surface area contributed by atoms with E-state index < -0.39 is 0 Å². The number of aryl methyl sites for hydroxylation is 1. The van der Waals surface area contributed by atoms with Gasteiger partial charge in [0.1, 0.15) is 0 Å². The van der Waals surface area contributed by atoms with E-state index in [-0.39, 0.29) is 5.78 Å². The van der Waals surface area contributed by atoms with Crippen LogP contribution in [-0.2, 0) is 13.5 Å². The molecule has 0 bridgehead atoms. The number of benzene rings is 1. The van der Waals surface area contributed by atoms with E-state index in [9.17, 15) is 4.79 Å². The Balaban J connectivity index is 2.26. The van der Waals surface area contributed by atoms with Gasteiger partial charge in [-0.15, -0.1) is 0 Å². The van der Waals surface area contributed by atoms with Crippen LogP contribution in [0, 0.1) is 0 Å². The number of carbonyl (C=O) groups excluding carboxylic acids is 1. The lowest BCUT2D eigenvalue weighted by molar-refractivity contribution is 0.0994. The second-order valence-corrected chi connectivity index (χ2v) is 5.10. The largest absolute Gasteiger partial charge is 0.294 e. The second kappa shape index (κ2) is 3.81. The van der Waals surface area contributed by atoms with Crippen molar-refractivity contribution in [2.24, 2.45) is 7.05 Å². The molecule has 1 aliphatic carbocycles. The minimum Gasteiger partial charge on any atom is -0.294 e. The average molecular weight is 291 g/mol. The quantitative estimate of drug-likeness (QED) is 0.809. The number of ketones is 1. The van der Waals surface area contributed by atoms with Crippen LogP contribution in [0.4, 0.5) is 0 Å². The van der Waals surface area contributed by atoms with E-state index in [4.69, 9.17) is 0 Å². The van der Waals surface area contributed by atoms with Gasteiger partial charge in [-0.2, -0.15) is 5.10 Å². The van der Waals surface area contributed by atoms with Crippen molar-refractivity contribution in [1.82, 2.24) is 9.78 Å². The number of hydrogen-bond acceptors (Lipinski definition) is 2. The van der Waals surface area contributed by atoms with E-state index in [1.807, 2.05) is 31.4 Å². The van der Waals surface area contributed by atoms with E-state index in [0.717, 1.165) is 33.3 Å². The highest BCUT2D eigenvalue weighted by Gasteiger charge is 2.24. The molecule has 0 atom stereocenters. The monoisotopic (exact) mass is 290 g/mol. The molecule has 0 radical (unpaired) electrons. The number of hydrogen-bond donors (Lipinski definition) is 0. The van der Waals surface area contributed by atoms with Gasteiger partial charge in [0, 0.05) is 35.3 Å². The maximum atomic E-state index is 11.7. The molecule has 1 aromatic carbocycles. The fourth-order valence-corrected chi connectivity index (χ4v) is 2.91. The van der Waals surface area contributed by atoms with Gasteiger partial charge in [0.05, 0.1) is 5.69 Å². The maximum Gasteiger partial charge on any atom is 0.163 e. The highest BCUT2D eigenvalue weighted by atomic mass is 79.9. The molecule has 3 rings (SSSR count). The Morgan fingerprint density at radius 2 is 2.12 bits per heavy atom. The lowest BCUT2D eigenvalue weighted by atomic mass is 10.0. The Morgan fingerprint density at radius 1 is 1.29 bits per heavy atom. The summed E-state index contributed by atoms with van der Waals surface area (Å²) in [5.74, 6) is 0.240. The number of carbonyl (C=O) groups is 1. The Morgan fingerprint density at radius 3 is 2.82 bits per heavy atom. The summed E-state index contributed by atoms with van der Waals surface area (Å²) in [6.07, 6.45) is 3.35. The molecule has 1 aliphatic rings. The number of rotatable bonds is 1. The van der Waals surface area contributed by atoms with Crippen molar-refractivity contribution in [2.75, 3.05) is 0 Å². The first-order valence-electron chi connectivity index (χ1n) is 5.51. The van der Waals surface area contributed by atoms with Crippen LogP contribution < -0.4 is 0 Å². The van der Waals surface area contributed by atoms with Gasteiger partial charge in [0.15, 0.2) is 5.78 Å². The van der Waals surface area contributed by atoms with Crippen molar-refractivity contribution in [2.45, 2.75) is 12.8 Å². The van der Waals surface area contributed by atoms with Gasteiger partial charge in [-0.1, -0.05) is 15.9 Å². The fourth-order valence-electron chi connectivity index (χ4n) is 2.34. The molecule has 0 saturated carbocycles. The van der Waals surface area contributed by atoms with Gasteiger partial charge in [-0.3, -0.25) is 9.48 Å². The molecule has 2 aromatic rings. The van der Waals surface area contributed by atoms with Crippen LogP contribution in [0.3, 0.4) is 0 Å². The highest BCUT2D eigenvalue weighted by Crippen LogP contribution is 2.36. The number of aromatic nitrogens is 2. The van der Waals surface area contributed by atoms with Gasteiger partial charge in [0.25, 0.3) is 0 Å². The van der Waals surface area contributed by atoms with Gasteiger partial charge in [-0.25, -0.2) is 0 Å². The number of fused-ring (bicyclic) bond motifs is 1. The predicted octanol–water partition coefficient (Wildman–Crippen LogP) is 2.98. The molecule has 0 fully saturated rings. The molecule has 1 heterocycles. The summed E-state index contributed by atoms with van der Waals surface area (Å²) in [4.78, 5) is 11.7. The van der Waals surface area contributed by atoms with Crippen LogP contribution in [0.25, 0.3) is 11.3 Å². The Kier molecular flexibility index (Phi) is 2.40. The predicted molar refractivity (Wildman–Crippen MR) is 69.0 cm³/mol. The summed E-state index contributed by atoms with van der Waals surface area (Å²) in [6.45, 7) is 0. The summed E-state index contributed by atoms with van der Waals surface area (Å²) in [6, 6.07) is 5.82. The molecule has 17 heavy (non-hydrogen) atoms. The van der Waals surface area contributed by atoms with E-state index in [1.54, 1.807) is 4.68 Å². The Hall–Kier alpha value is -1.42. The molecule has 0 spiro atoms. The molecule has 0 unspecified atom stereocenters. The molecule has 3 nitrogen and oxygen atoms in total. The van der Waals surface area contributed by atoms with E-state index in [1.165, 1.54) is 0 Å². The number of halogens is 1. The number of nitrogens with zero attached hydrogens (tertiary/aromatic N) is 2. The molecular formula is C13H11BrN2O. The van der Waals surface area contributed by atoms with Crippen LogP contribution in [0.1, 0.15) is 22.3 Å². The van der Waals surface area contributed by atoms with Gasteiger partial charge < -0.3 is 0 Å². The Bertz CT molecular complexity index is 616. The molecule has 1 aromatic heterocycles. The smallest absolute Gasteiger partial charge is 0.163 e. The highest BCUT2D eigenvalue weighted by molar-refractivity contribution is 9.10. The zero-order valence-corrected chi connectivity index (χ0v) is 11.0. The third-order valence-corrected chi connectivity index (χ3v) is 3.80. The van der Waals surface area contributed by atoms with E-state index >= 15 is 0 Å². The first-order chi connectivity index (χ1) is 8.16. The van der Waals surface area contributed by atoms with Crippen molar-refractivity contribution in [3.8, 4) is 11.3 Å². The van der Waals surface area contributed by atoms with Crippen molar-refractivity contribution < 1.29 is 4.79 Å². The minimum absolute atomic E-state index is 0.240. The third kappa shape index (κ3) is 1.63. The molecule has 0 aliphatic heterocycles. The summed E-state index contributed by atoms with van der Waals surface area (Å²) < 4.78 is 2.78. The standard InChI is InChI=1S/C13H11BrN2O/c1-16-7-6-11(15-16)13-9-3-5-12(17)8(9)2-4-10(13)14/h2,4,6-7H,3,5H2,1H3. The van der Waals surface area contributed by atoms with Gasteiger partial charge in [0.2, 0.25) is 0 Å². The zero-order chi connectivity index (χ0) is 12.0. The van der Waals surface area contributed by atoms with Crippen LogP contribution in [0.5, 0.6) is 0 Å². The molecule has 0 amide bonds. The summed E-state index contributed by atoms with van der Waals surface area (Å²) in [7, 11) is 1.89. The van der Waals surface area contributed by atoms with Crippen molar-refractivity contribution in [3.63, 3.8) is 0 Å². The normalized spacial score (nSPS) is 14.1. The van der Waals surface area contributed by atoms with Gasteiger partial charge >= 0.3 is 0 Å². The van der Waals surface area contributed by atoms with Crippen molar-refractivity contribution >= 4 is 21.7 Å². The maximum absolute atomic E-state index is 11.7. The third-order valence-electron chi connectivity index (χ3n) is 3.13. The second-order valence-electron chi connectivity index (χ2n) is 4.25. The lowest BCUT2D eigenvalue weighted by Gasteiger charge is -2.07. The molecule has 4 heteroatoms. The Labute approximate surface area is 108 Å². The SMILES string of the molecule is Cn1ccc(-c2c(Br)ccc3c2CCC3=O)n1. The van der Waals surface area contributed by atoms with Gasteiger partial charge in [-0.05, 0) is 30.2 Å². The molecule has 0 N–H and O–H groups in total. The summed E-state index contributed by atoms with van der Waals surface area (Å²) in [5, 5.41) is 4.42. The van der Waals surface area contributed by atoms with E-state index in [2.05, 4.69) is 21.0 Å². The summed E-state index contributed by atoms with van der Waals surface area (Å²) >= 11 is 3.56. The average Bonchev–Trinajstić information content (AvgIpc) is 2.86. The van der Waals surface area contributed by atoms with Crippen molar-refractivity contribution in [1.29, 1.82) is 0 Å². The fraction of sp³-hybridized carbons (Fsp3) is 0.231. The van der Waals surface area contributed by atoms with Crippen LogP contribution >= 0.6 is 15.9 Å².